The highest BCUT2D eigenvalue weighted by molar-refractivity contribution is 7.89. The van der Waals surface area contributed by atoms with Gasteiger partial charge in [-0.15, -0.1) is 0 Å². The second kappa shape index (κ2) is 8.44. The Kier molecular flexibility index (Phi) is 6.19. The van der Waals surface area contributed by atoms with Gasteiger partial charge in [-0.3, -0.25) is 9.48 Å². The highest BCUT2D eigenvalue weighted by Gasteiger charge is 2.29. The van der Waals surface area contributed by atoms with Crippen LogP contribution in [0.1, 0.15) is 49.3 Å². The summed E-state index contributed by atoms with van der Waals surface area (Å²) < 4.78 is 33.7. The van der Waals surface area contributed by atoms with Crippen molar-refractivity contribution in [1.82, 2.24) is 24.6 Å². The number of rotatable bonds is 7. The average molecular weight is 410 g/mol. The molecule has 0 unspecified atom stereocenters. The summed E-state index contributed by atoms with van der Waals surface area (Å²) in [4.78, 5) is 12.3. The van der Waals surface area contributed by atoms with Gasteiger partial charge in [-0.2, -0.15) is 9.40 Å². The normalized spacial score (nSPS) is 18.3. The summed E-state index contributed by atoms with van der Waals surface area (Å²) in [5, 5.41) is 10.7. The number of nitrogens with zero attached hydrogens (tertiary/aromatic N) is 4. The van der Waals surface area contributed by atoms with E-state index in [0.717, 1.165) is 37.1 Å². The predicted octanol–water partition coefficient (Wildman–Crippen LogP) is 1.80. The summed E-state index contributed by atoms with van der Waals surface area (Å²) in [5.41, 5.74) is 1.81. The Morgan fingerprint density at radius 3 is 2.86 bits per heavy atom. The Bertz CT molecular complexity index is 934. The minimum absolute atomic E-state index is 0.0137. The molecule has 0 radical (unpaired) electrons. The number of sulfonamides is 1. The standard InChI is InChI=1S/C18H27N5O4S/c1-4-22-14(3)15(12-20-22)17-11-16(21-27-17)18(24)19-8-10-28(25,26)23-9-6-5-7-13(23)2/h11-13H,4-10H2,1-3H3,(H,19,24)/t13-/m0/s1. The molecule has 10 heteroatoms. The van der Waals surface area contributed by atoms with E-state index in [4.69, 9.17) is 4.52 Å². The van der Waals surface area contributed by atoms with Crippen molar-refractivity contribution in [3.05, 3.63) is 23.7 Å². The first kappa shape index (κ1) is 20.5. The van der Waals surface area contributed by atoms with Gasteiger partial charge in [-0.25, -0.2) is 8.42 Å². The zero-order valence-corrected chi connectivity index (χ0v) is 17.3. The Balaban J connectivity index is 1.58. The third-order valence-corrected chi connectivity index (χ3v) is 7.13. The second-order valence-electron chi connectivity index (χ2n) is 7.06. The summed E-state index contributed by atoms with van der Waals surface area (Å²) in [7, 11) is -3.39. The van der Waals surface area contributed by atoms with Crippen LogP contribution < -0.4 is 5.32 Å². The van der Waals surface area contributed by atoms with Crippen LogP contribution in [-0.4, -0.2) is 58.5 Å². The molecular weight excluding hydrogens is 382 g/mol. The van der Waals surface area contributed by atoms with Gasteiger partial charge < -0.3 is 9.84 Å². The van der Waals surface area contributed by atoms with Crippen molar-refractivity contribution < 1.29 is 17.7 Å². The lowest BCUT2D eigenvalue weighted by Gasteiger charge is -2.32. The first-order valence-electron chi connectivity index (χ1n) is 9.60. The Labute approximate surface area is 165 Å². The van der Waals surface area contributed by atoms with Crippen molar-refractivity contribution in [2.45, 2.75) is 52.6 Å². The van der Waals surface area contributed by atoms with Crippen molar-refractivity contribution in [1.29, 1.82) is 0 Å². The number of carbonyl (C=O) groups is 1. The lowest BCUT2D eigenvalue weighted by molar-refractivity contribution is 0.0947. The molecule has 1 saturated heterocycles. The quantitative estimate of drug-likeness (QED) is 0.747. The van der Waals surface area contributed by atoms with Gasteiger partial charge in [0.05, 0.1) is 17.5 Å². The summed E-state index contributed by atoms with van der Waals surface area (Å²) in [6.07, 6.45) is 4.48. The van der Waals surface area contributed by atoms with E-state index in [1.165, 1.54) is 0 Å². The van der Waals surface area contributed by atoms with Crippen LogP contribution in [0, 0.1) is 6.92 Å². The molecule has 3 heterocycles. The minimum Gasteiger partial charge on any atom is -0.355 e. The third-order valence-electron chi connectivity index (χ3n) is 5.16. The number of piperidine rings is 1. The zero-order chi connectivity index (χ0) is 20.3. The molecule has 1 fully saturated rings. The topological polar surface area (TPSA) is 110 Å². The maximum absolute atomic E-state index is 12.5. The van der Waals surface area contributed by atoms with Gasteiger partial charge in [-0.05, 0) is 33.6 Å². The van der Waals surface area contributed by atoms with E-state index < -0.39 is 15.9 Å². The minimum atomic E-state index is -3.39. The van der Waals surface area contributed by atoms with Crippen LogP contribution in [0.4, 0.5) is 0 Å². The van der Waals surface area contributed by atoms with Crippen LogP contribution >= 0.6 is 0 Å². The molecule has 3 rings (SSSR count). The number of hydrogen-bond donors (Lipinski definition) is 1. The fourth-order valence-corrected chi connectivity index (χ4v) is 5.16. The number of hydrogen-bond acceptors (Lipinski definition) is 6. The summed E-state index contributed by atoms with van der Waals surface area (Å²) in [6.45, 7) is 7.14. The first-order valence-corrected chi connectivity index (χ1v) is 11.2. The number of nitrogens with one attached hydrogen (secondary N) is 1. The zero-order valence-electron chi connectivity index (χ0n) is 16.5. The van der Waals surface area contributed by atoms with Crippen molar-refractivity contribution in [3.63, 3.8) is 0 Å². The van der Waals surface area contributed by atoms with Crippen LogP contribution in [0.3, 0.4) is 0 Å². The number of amides is 1. The van der Waals surface area contributed by atoms with Crippen LogP contribution in [0.5, 0.6) is 0 Å². The number of aromatic nitrogens is 3. The van der Waals surface area contributed by atoms with E-state index in [2.05, 4.69) is 15.6 Å². The van der Waals surface area contributed by atoms with Gasteiger partial charge in [0, 0.05) is 37.4 Å². The smallest absolute Gasteiger partial charge is 0.273 e. The average Bonchev–Trinajstić information content (AvgIpc) is 3.28. The molecule has 0 aliphatic carbocycles. The Morgan fingerprint density at radius 1 is 1.39 bits per heavy atom. The van der Waals surface area contributed by atoms with E-state index in [1.54, 1.807) is 16.6 Å². The molecule has 1 aliphatic rings. The van der Waals surface area contributed by atoms with Gasteiger partial charge in [0.25, 0.3) is 5.91 Å². The molecule has 1 amide bonds. The summed E-state index contributed by atoms with van der Waals surface area (Å²) in [6, 6.07) is 1.56. The molecule has 28 heavy (non-hydrogen) atoms. The number of aryl methyl sites for hydroxylation is 1. The fourth-order valence-electron chi connectivity index (χ4n) is 3.50. The van der Waals surface area contributed by atoms with Gasteiger partial charge in [0.2, 0.25) is 10.0 Å². The fraction of sp³-hybridized carbons (Fsp3) is 0.611. The lowest BCUT2D eigenvalue weighted by atomic mass is 10.1. The summed E-state index contributed by atoms with van der Waals surface area (Å²) in [5.74, 6) is -0.134. The molecule has 154 valence electrons. The van der Waals surface area contributed by atoms with E-state index in [1.807, 2.05) is 25.5 Å². The Morgan fingerprint density at radius 2 is 2.18 bits per heavy atom. The third kappa shape index (κ3) is 4.27. The molecule has 1 N–H and O–H groups in total. The molecule has 0 bridgehead atoms. The molecule has 0 saturated carbocycles. The van der Waals surface area contributed by atoms with Crippen LogP contribution in [0.25, 0.3) is 11.3 Å². The number of carbonyl (C=O) groups excluding carboxylic acids is 1. The molecule has 0 aromatic carbocycles. The molecule has 2 aromatic rings. The maximum Gasteiger partial charge on any atom is 0.273 e. The van der Waals surface area contributed by atoms with Crippen LogP contribution in [0.15, 0.2) is 16.8 Å². The highest BCUT2D eigenvalue weighted by atomic mass is 32.2. The SMILES string of the molecule is CCn1ncc(-c2cc(C(=O)NCCS(=O)(=O)N3CCCC[C@@H]3C)no2)c1C. The predicted molar refractivity (Wildman–Crippen MR) is 104 cm³/mol. The monoisotopic (exact) mass is 409 g/mol. The Hall–Kier alpha value is -2.20. The molecule has 0 spiro atoms. The van der Waals surface area contributed by atoms with Crippen LogP contribution in [-0.2, 0) is 16.6 Å². The van der Waals surface area contributed by atoms with Crippen molar-refractivity contribution in [2.24, 2.45) is 0 Å². The van der Waals surface area contributed by atoms with E-state index >= 15 is 0 Å². The van der Waals surface area contributed by atoms with Gasteiger partial charge >= 0.3 is 0 Å². The van der Waals surface area contributed by atoms with Crippen molar-refractivity contribution >= 4 is 15.9 Å². The highest BCUT2D eigenvalue weighted by Crippen LogP contribution is 2.24. The molecule has 2 aromatic heterocycles. The van der Waals surface area contributed by atoms with Crippen LogP contribution in [0.2, 0.25) is 0 Å². The van der Waals surface area contributed by atoms with Crippen molar-refractivity contribution in [2.75, 3.05) is 18.8 Å². The molecule has 1 aliphatic heterocycles. The first-order chi connectivity index (χ1) is 13.3. The molecule has 1 atom stereocenters. The van der Waals surface area contributed by atoms with Gasteiger partial charge in [0.1, 0.15) is 0 Å². The molecular formula is C18H27N5O4S. The van der Waals surface area contributed by atoms with Crippen molar-refractivity contribution in [3.8, 4) is 11.3 Å². The van der Waals surface area contributed by atoms with E-state index in [-0.39, 0.29) is 24.0 Å². The lowest BCUT2D eigenvalue weighted by Crippen LogP contribution is -2.45. The van der Waals surface area contributed by atoms with Gasteiger partial charge in [0.15, 0.2) is 11.5 Å². The van der Waals surface area contributed by atoms with E-state index in [9.17, 15) is 13.2 Å². The van der Waals surface area contributed by atoms with E-state index in [0.29, 0.717) is 12.3 Å². The molecule has 9 nitrogen and oxygen atoms in total. The van der Waals surface area contributed by atoms with Gasteiger partial charge in [-0.1, -0.05) is 11.6 Å². The second-order valence-corrected chi connectivity index (χ2v) is 9.10. The maximum atomic E-state index is 12.5. The largest absolute Gasteiger partial charge is 0.355 e. The summed E-state index contributed by atoms with van der Waals surface area (Å²) >= 11 is 0.